The Morgan fingerprint density at radius 2 is 1.62 bits per heavy atom. The van der Waals surface area contributed by atoms with Gasteiger partial charge in [-0.25, -0.2) is 4.79 Å². The SMILES string of the molecule is C[C@H](CCC[C@@H](OC(=O)c1ccccc1)C(C)(C)C)[C@H]1CC[C@H]2[C@@H]3CC[C@H]4C[C@@](C)(O)CC[C@]4(C)[C@H]3CC[C@]12C. The summed E-state index contributed by atoms with van der Waals surface area (Å²) >= 11 is 0. The van der Waals surface area contributed by atoms with Crippen LogP contribution in [-0.2, 0) is 4.74 Å². The van der Waals surface area contributed by atoms with Gasteiger partial charge in [-0.1, -0.05) is 66.2 Å². The summed E-state index contributed by atoms with van der Waals surface area (Å²) in [6.45, 7) is 16.5. The predicted octanol–water partition coefficient (Wildman–Crippen LogP) is 9.47. The average molecular weight is 551 g/mol. The molecule has 1 aromatic carbocycles. The predicted molar refractivity (Wildman–Crippen MR) is 164 cm³/mol. The molecule has 0 heterocycles. The molecule has 5 rings (SSSR count). The van der Waals surface area contributed by atoms with E-state index in [1.54, 1.807) is 0 Å². The summed E-state index contributed by atoms with van der Waals surface area (Å²) in [6, 6.07) is 9.44. The van der Waals surface area contributed by atoms with Crippen LogP contribution in [0, 0.1) is 51.8 Å². The molecule has 0 radical (unpaired) electrons. The van der Waals surface area contributed by atoms with Gasteiger partial charge in [0.25, 0.3) is 0 Å². The first kappa shape index (κ1) is 30.1. The first-order chi connectivity index (χ1) is 18.7. The first-order valence-corrected chi connectivity index (χ1v) is 16.7. The molecule has 4 aliphatic rings. The van der Waals surface area contributed by atoms with Crippen LogP contribution in [0.2, 0.25) is 0 Å². The maximum atomic E-state index is 12.8. The number of ether oxygens (including phenoxy) is 1. The van der Waals surface area contributed by atoms with E-state index in [-0.39, 0.29) is 17.5 Å². The van der Waals surface area contributed by atoms with Crippen LogP contribution in [0.3, 0.4) is 0 Å². The van der Waals surface area contributed by atoms with Crippen molar-refractivity contribution in [3.63, 3.8) is 0 Å². The van der Waals surface area contributed by atoms with Crippen molar-refractivity contribution in [2.75, 3.05) is 0 Å². The van der Waals surface area contributed by atoms with Gasteiger partial charge in [0.1, 0.15) is 6.10 Å². The Hall–Kier alpha value is -1.35. The largest absolute Gasteiger partial charge is 0.458 e. The lowest BCUT2D eigenvalue weighted by atomic mass is 9.43. The summed E-state index contributed by atoms with van der Waals surface area (Å²) in [5.74, 6) is 4.69. The summed E-state index contributed by atoms with van der Waals surface area (Å²) in [5, 5.41) is 10.8. The van der Waals surface area contributed by atoms with Gasteiger partial charge in [0, 0.05) is 0 Å². The minimum Gasteiger partial charge on any atom is -0.458 e. The lowest BCUT2D eigenvalue weighted by molar-refractivity contribution is -0.148. The molecule has 0 spiro atoms. The smallest absolute Gasteiger partial charge is 0.338 e. The van der Waals surface area contributed by atoms with Gasteiger partial charge in [0.15, 0.2) is 0 Å². The maximum Gasteiger partial charge on any atom is 0.338 e. The Morgan fingerprint density at radius 3 is 2.33 bits per heavy atom. The number of esters is 1. The highest BCUT2D eigenvalue weighted by molar-refractivity contribution is 5.89. The van der Waals surface area contributed by atoms with Gasteiger partial charge in [-0.15, -0.1) is 0 Å². The Balaban J connectivity index is 1.19. The fourth-order valence-electron chi connectivity index (χ4n) is 10.7. The van der Waals surface area contributed by atoms with Crippen molar-refractivity contribution in [2.45, 2.75) is 137 Å². The molecule has 224 valence electrons. The van der Waals surface area contributed by atoms with E-state index in [1.807, 2.05) is 30.3 Å². The van der Waals surface area contributed by atoms with Crippen LogP contribution in [0.1, 0.15) is 136 Å². The molecule has 0 saturated heterocycles. The minimum atomic E-state index is -0.444. The number of aliphatic hydroxyl groups is 1. The minimum absolute atomic E-state index is 0.0676. The fourth-order valence-corrected chi connectivity index (χ4v) is 10.7. The van der Waals surface area contributed by atoms with Crippen molar-refractivity contribution in [3.8, 4) is 0 Å². The molecule has 0 amide bonds. The normalized spacial score (nSPS) is 40.9. The molecule has 3 nitrogen and oxygen atoms in total. The summed E-state index contributed by atoms with van der Waals surface area (Å²) in [5.41, 5.74) is 1.05. The van der Waals surface area contributed by atoms with Crippen LogP contribution >= 0.6 is 0 Å². The second kappa shape index (κ2) is 11.1. The molecule has 4 fully saturated rings. The van der Waals surface area contributed by atoms with E-state index in [1.165, 1.54) is 51.4 Å². The van der Waals surface area contributed by atoms with Crippen molar-refractivity contribution in [1.29, 1.82) is 0 Å². The van der Waals surface area contributed by atoms with Crippen molar-refractivity contribution >= 4 is 5.97 Å². The average Bonchev–Trinajstić information content (AvgIpc) is 3.25. The van der Waals surface area contributed by atoms with Crippen LogP contribution in [0.5, 0.6) is 0 Å². The standard InChI is InChI=1S/C37H58O3/c1-25(12-11-15-32(34(2,3)4)40-33(38)26-13-9-8-10-14-26)29-18-19-30-28-17-16-27-24-35(5,39)22-23-36(27,6)31(28)20-21-37(29,30)7/h8-10,13-14,25,27-32,39H,11-12,15-24H2,1-7H3/t25-,27+,28+,29-,30+,31+,32-,35+,36+,37-/m1/s1. The third-order valence-corrected chi connectivity index (χ3v) is 13.1. The Kier molecular flexibility index (Phi) is 8.32. The Labute approximate surface area is 245 Å². The van der Waals surface area contributed by atoms with Crippen molar-refractivity contribution in [3.05, 3.63) is 35.9 Å². The lowest BCUT2D eigenvalue weighted by Crippen LogP contribution is -2.55. The summed E-state index contributed by atoms with van der Waals surface area (Å²) in [4.78, 5) is 12.8. The topological polar surface area (TPSA) is 46.5 Å². The molecule has 0 bridgehead atoms. The van der Waals surface area contributed by atoms with E-state index >= 15 is 0 Å². The second-order valence-corrected chi connectivity index (χ2v) is 16.6. The highest BCUT2D eigenvalue weighted by Gasteiger charge is 2.61. The number of carbonyl (C=O) groups excluding carboxylic acids is 1. The number of hydrogen-bond acceptors (Lipinski definition) is 3. The van der Waals surface area contributed by atoms with Gasteiger partial charge >= 0.3 is 5.97 Å². The summed E-state index contributed by atoms with van der Waals surface area (Å²) in [7, 11) is 0. The molecule has 0 unspecified atom stereocenters. The van der Waals surface area contributed by atoms with Gasteiger partial charge in [-0.3, -0.25) is 0 Å². The zero-order valence-electron chi connectivity index (χ0n) is 26.7. The molecule has 4 saturated carbocycles. The quantitative estimate of drug-likeness (QED) is 0.344. The molecule has 40 heavy (non-hydrogen) atoms. The first-order valence-electron chi connectivity index (χ1n) is 16.7. The fraction of sp³-hybridized carbons (Fsp3) is 0.811. The zero-order chi connectivity index (χ0) is 28.9. The molecule has 1 N–H and O–H groups in total. The van der Waals surface area contributed by atoms with Crippen molar-refractivity contribution in [2.24, 2.45) is 51.8 Å². The van der Waals surface area contributed by atoms with Gasteiger partial charge in [0.05, 0.1) is 11.2 Å². The van der Waals surface area contributed by atoms with Crippen LogP contribution in [0.25, 0.3) is 0 Å². The summed E-state index contributed by atoms with van der Waals surface area (Å²) < 4.78 is 6.08. The van der Waals surface area contributed by atoms with E-state index in [0.29, 0.717) is 28.2 Å². The van der Waals surface area contributed by atoms with E-state index < -0.39 is 5.60 Å². The number of fused-ring (bicyclic) bond motifs is 5. The molecule has 1 aromatic rings. The number of rotatable bonds is 7. The Bertz CT molecular complexity index is 1020. The van der Waals surface area contributed by atoms with E-state index in [0.717, 1.165) is 49.4 Å². The number of benzene rings is 1. The third-order valence-electron chi connectivity index (χ3n) is 13.1. The maximum absolute atomic E-state index is 12.8. The molecular weight excluding hydrogens is 492 g/mol. The lowest BCUT2D eigenvalue weighted by Gasteiger charge is -2.62. The summed E-state index contributed by atoms with van der Waals surface area (Å²) in [6.07, 6.45) is 14.8. The van der Waals surface area contributed by atoms with Crippen molar-refractivity contribution < 1.29 is 14.6 Å². The molecule has 0 aliphatic heterocycles. The van der Waals surface area contributed by atoms with E-state index in [2.05, 4.69) is 48.5 Å². The van der Waals surface area contributed by atoms with Gasteiger partial charge in [-0.05, 0) is 141 Å². The van der Waals surface area contributed by atoms with Gasteiger partial charge < -0.3 is 9.84 Å². The molecule has 4 aliphatic carbocycles. The van der Waals surface area contributed by atoms with Gasteiger partial charge in [-0.2, -0.15) is 0 Å². The van der Waals surface area contributed by atoms with Crippen LogP contribution < -0.4 is 0 Å². The van der Waals surface area contributed by atoms with Crippen LogP contribution in [0.15, 0.2) is 30.3 Å². The Morgan fingerprint density at radius 1 is 0.925 bits per heavy atom. The van der Waals surface area contributed by atoms with Crippen LogP contribution in [0.4, 0.5) is 0 Å². The molecular formula is C37H58O3. The highest BCUT2D eigenvalue weighted by atomic mass is 16.5. The third kappa shape index (κ3) is 5.67. The monoisotopic (exact) mass is 550 g/mol. The van der Waals surface area contributed by atoms with Crippen LogP contribution in [-0.4, -0.2) is 22.8 Å². The van der Waals surface area contributed by atoms with E-state index in [4.69, 9.17) is 4.74 Å². The molecule has 3 heteroatoms. The number of carbonyl (C=O) groups is 1. The van der Waals surface area contributed by atoms with Gasteiger partial charge in [0.2, 0.25) is 0 Å². The highest BCUT2D eigenvalue weighted by Crippen LogP contribution is 2.68. The molecule has 10 atom stereocenters. The molecule has 0 aromatic heterocycles. The van der Waals surface area contributed by atoms with E-state index in [9.17, 15) is 9.90 Å². The van der Waals surface area contributed by atoms with Crippen molar-refractivity contribution in [1.82, 2.24) is 0 Å². The zero-order valence-corrected chi connectivity index (χ0v) is 26.7. The second-order valence-electron chi connectivity index (χ2n) is 16.6. The number of hydrogen-bond donors (Lipinski definition) is 1.